The van der Waals surface area contributed by atoms with E-state index < -0.39 is 0 Å². The first kappa shape index (κ1) is 11.6. The predicted molar refractivity (Wildman–Crippen MR) is 61.7 cm³/mol. The van der Waals surface area contributed by atoms with Gasteiger partial charge in [0, 0.05) is 17.8 Å². The third-order valence-electron chi connectivity index (χ3n) is 2.24. The Hall–Kier alpha value is -1.52. The first-order chi connectivity index (χ1) is 7.15. The molecule has 0 amide bonds. The van der Waals surface area contributed by atoms with E-state index in [1.54, 1.807) is 0 Å². The van der Waals surface area contributed by atoms with E-state index in [4.69, 9.17) is 5.73 Å². The van der Waals surface area contributed by atoms with Crippen LogP contribution in [0.3, 0.4) is 0 Å². The van der Waals surface area contributed by atoms with E-state index in [2.05, 4.69) is 27.4 Å². The van der Waals surface area contributed by atoms with Crippen molar-refractivity contribution < 1.29 is 0 Å². The van der Waals surface area contributed by atoms with Gasteiger partial charge in [-0.1, -0.05) is 6.92 Å². The van der Waals surface area contributed by atoms with Crippen molar-refractivity contribution in [2.75, 3.05) is 6.54 Å². The molecular weight excluding hydrogens is 190 g/mol. The lowest BCUT2D eigenvalue weighted by molar-refractivity contribution is 0.824. The Kier molecular flexibility index (Phi) is 4.15. The molecule has 0 aliphatic carbocycles. The summed E-state index contributed by atoms with van der Waals surface area (Å²) in [7, 11) is 0. The van der Waals surface area contributed by atoms with Crippen molar-refractivity contribution in [1.82, 2.24) is 15.5 Å². The van der Waals surface area contributed by atoms with Gasteiger partial charge >= 0.3 is 0 Å². The second-order valence-electron chi connectivity index (χ2n) is 3.54. The van der Waals surface area contributed by atoms with Crippen LogP contribution in [0.2, 0.25) is 0 Å². The molecule has 1 aromatic heterocycles. The number of rotatable bonds is 4. The maximum atomic E-state index is 5.68. The quantitative estimate of drug-likeness (QED) is 0.508. The highest BCUT2D eigenvalue weighted by Crippen LogP contribution is 2.09. The molecule has 5 heteroatoms. The van der Waals surface area contributed by atoms with Gasteiger partial charge in [-0.3, -0.25) is 5.10 Å². The lowest BCUT2D eigenvalue weighted by Crippen LogP contribution is -2.32. The van der Waals surface area contributed by atoms with Crippen molar-refractivity contribution in [3.8, 4) is 0 Å². The van der Waals surface area contributed by atoms with E-state index in [1.807, 2.05) is 13.8 Å². The number of aromatic nitrogens is 2. The molecule has 1 aromatic rings. The van der Waals surface area contributed by atoms with Crippen LogP contribution in [0, 0.1) is 13.8 Å². The van der Waals surface area contributed by atoms with Gasteiger partial charge in [0.05, 0.1) is 12.2 Å². The van der Waals surface area contributed by atoms with Crippen molar-refractivity contribution in [3.63, 3.8) is 0 Å². The third kappa shape index (κ3) is 3.27. The fourth-order valence-electron chi connectivity index (χ4n) is 1.28. The zero-order chi connectivity index (χ0) is 11.3. The van der Waals surface area contributed by atoms with Crippen molar-refractivity contribution in [1.29, 1.82) is 0 Å². The number of nitrogens with two attached hydrogens (primary N) is 1. The Balaban J connectivity index is 2.55. The summed E-state index contributed by atoms with van der Waals surface area (Å²) >= 11 is 0. The minimum absolute atomic E-state index is 0.497. The summed E-state index contributed by atoms with van der Waals surface area (Å²) in [5.74, 6) is 0.497. The SMILES string of the molecule is CCCNC(N)=NCc1c(C)n[nH]c1C. The van der Waals surface area contributed by atoms with Gasteiger partial charge < -0.3 is 11.1 Å². The number of aliphatic imine (C=N–C) groups is 1. The molecule has 0 fully saturated rings. The van der Waals surface area contributed by atoms with E-state index in [9.17, 15) is 0 Å². The second-order valence-corrected chi connectivity index (χ2v) is 3.54. The molecule has 0 unspecified atom stereocenters. The Bertz CT molecular complexity index is 320. The number of guanidine groups is 1. The largest absolute Gasteiger partial charge is 0.370 e. The molecule has 0 saturated heterocycles. The number of nitrogens with one attached hydrogen (secondary N) is 2. The standard InChI is InChI=1S/C10H19N5/c1-4-5-12-10(11)13-6-9-7(2)14-15-8(9)3/h4-6H2,1-3H3,(H,14,15)(H3,11,12,13). The van der Waals surface area contributed by atoms with Crippen LogP contribution in [0.15, 0.2) is 4.99 Å². The summed E-state index contributed by atoms with van der Waals surface area (Å²) in [4.78, 5) is 4.25. The Labute approximate surface area is 90.2 Å². The van der Waals surface area contributed by atoms with Crippen molar-refractivity contribution >= 4 is 5.96 Å². The Morgan fingerprint density at radius 1 is 1.53 bits per heavy atom. The molecule has 15 heavy (non-hydrogen) atoms. The Morgan fingerprint density at radius 2 is 2.27 bits per heavy atom. The van der Waals surface area contributed by atoms with E-state index in [1.165, 1.54) is 0 Å². The fourth-order valence-corrected chi connectivity index (χ4v) is 1.28. The summed E-state index contributed by atoms with van der Waals surface area (Å²) in [6.45, 7) is 7.48. The zero-order valence-corrected chi connectivity index (χ0v) is 9.59. The van der Waals surface area contributed by atoms with Crippen LogP contribution in [0.25, 0.3) is 0 Å². The number of H-pyrrole nitrogens is 1. The summed E-state index contributed by atoms with van der Waals surface area (Å²) in [5, 5.41) is 10.1. The topological polar surface area (TPSA) is 79.1 Å². The minimum atomic E-state index is 0.497. The molecule has 0 aliphatic rings. The van der Waals surface area contributed by atoms with Crippen LogP contribution in [0.1, 0.15) is 30.3 Å². The van der Waals surface area contributed by atoms with Crippen LogP contribution in [0.5, 0.6) is 0 Å². The summed E-state index contributed by atoms with van der Waals surface area (Å²) in [6, 6.07) is 0. The lowest BCUT2D eigenvalue weighted by Gasteiger charge is -2.03. The maximum Gasteiger partial charge on any atom is 0.188 e. The summed E-state index contributed by atoms with van der Waals surface area (Å²) < 4.78 is 0. The number of aryl methyl sites for hydroxylation is 2. The van der Waals surface area contributed by atoms with Crippen LogP contribution in [-0.2, 0) is 6.54 Å². The van der Waals surface area contributed by atoms with Gasteiger partial charge in [-0.25, -0.2) is 4.99 Å². The molecule has 0 aromatic carbocycles. The highest BCUT2D eigenvalue weighted by molar-refractivity contribution is 5.77. The molecule has 0 spiro atoms. The van der Waals surface area contributed by atoms with Crippen LogP contribution < -0.4 is 11.1 Å². The number of hydrogen-bond donors (Lipinski definition) is 3. The smallest absolute Gasteiger partial charge is 0.188 e. The van der Waals surface area contributed by atoms with Crippen molar-refractivity contribution in [2.45, 2.75) is 33.7 Å². The molecule has 4 N–H and O–H groups in total. The molecule has 1 rings (SSSR count). The molecule has 0 aliphatic heterocycles. The lowest BCUT2D eigenvalue weighted by atomic mass is 10.2. The van der Waals surface area contributed by atoms with E-state index in [0.717, 1.165) is 29.9 Å². The molecular formula is C10H19N5. The van der Waals surface area contributed by atoms with E-state index in [-0.39, 0.29) is 0 Å². The van der Waals surface area contributed by atoms with Gasteiger partial charge in [-0.2, -0.15) is 5.10 Å². The minimum Gasteiger partial charge on any atom is -0.370 e. The maximum absolute atomic E-state index is 5.68. The van der Waals surface area contributed by atoms with Gasteiger partial charge in [0.15, 0.2) is 5.96 Å². The summed E-state index contributed by atoms with van der Waals surface area (Å²) in [5.41, 5.74) is 8.85. The van der Waals surface area contributed by atoms with Gasteiger partial charge in [-0.05, 0) is 20.3 Å². The van der Waals surface area contributed by atoms with Crippen LogP contribution in [-0.4, -0.2) is 22.7 Å². The predicted octanol–water partition coefficient (Wildman–Crippen LogP) is 0.841. The molecule has 5 nitrogen and oxygen atoms in total. The summed E-state index contributed by atoms with van der Waals surface area (Å²) in [6.07, 6.45) is 1.04. The fraction of sp³-hybridized carbons (Fsp3) is 0.600. The van der Waals surface area contributed by atoms with Crippen LogP contribution >= 0.6 is 0 Å². The number of aromatic amines is 1. The highest BCUT2D eigenvalue weighted by Gasteiger charge is 2.04. The van der Waals surface area contributed by atoms with Crippen molar-refractivity contribution in [3.05, 3.63) is 17.0 Å². The monoisotopic (exact) mass is 209 g/mol. The highest BCUT2D eigenvalue weighted by atomic mass is 15.1. The van der Waals surface area contributed by atoms with Crippen LogP contribution in [0.4, 0.5) is 0 Å². The first-order valence-electron chi connectivity index (χ1n) is 5.19. The molecule has 1 heterocycles. The van der Waals surface area contributed by atoms with Gasteiger partial charge in [0.2, 0.25) is 0 Å². The van der Waals surface area contributed by atoms with Crippen molar-refractivity contribution in [2.24, 2.45) is 10.7 Å². The number of hydrogen-bond acceptors (Lipinski definition) is 2. The number of nitrogens with zero attached hydrogens (tertiary/aromatic N) is 2. The second kappa shape index (κ2) is 5.38. The first-order valence-corrected chi connectivity index (χ1v) is 5.19. The normalized spacial score (nSPS) is 11.8. The zero-order valence-electron chi connectivity index (χ0n) is 9.59. The molecule has 84 valence electrons. The Morgan fingerprint density at radius 3 is 2.80 bits per heavy atom. The average Bonchev–Trinajstić information content (AvgIpc) is 2.53. The molecule has 0 saturated carbocycles. The van der Waals surface area contributed by atoms with Gasteiger partial charge in [0.25, 0.3) is 0 Å². The molecule has 0 atom stereocenters. The van der Waals surface area contributed by atoms with E-state index in [0.29, 0.717) is 12.5 Å². The van der Waals surface area contributed by atoms with E-state index >= 15 is 0 Å². The average molecular weight is 209 g/mol. The molecule has 0 bridgehead atoms. The van der Waals surface area contributed by atoms with Gasteiger partial charge in [0.1, 0.15) is 0 Å². The molecule has 0 radical (unpaired) electrons. The van der Waals surface area contributed by atoms with Gasteiger partial charge in [-0.15, -0.1) is 0 Å². The third-order valence-corrected chi connectivity index (χ3v) is 2.24.